The average Bonchev–Trinajstić information content (AvgIpc) is 3.21. The Morgan fingerprint density at radius 2 is 1.70 bits per heavy atom. The number of rotatable bonds is 5. The van der Waals surface area contributed by atoms with E-state index in [0.717, 1.165) is 16.6 Å². The molecule has 2 atom stereocenters. The highest BCUT2D eigenvalue weighted by atomic mass is 16.5. The van der Waals surface area contributed by atoms with Gasteiger partial charge in [0.25, 0.3) is 0 Å². The molecule has 1 amide bonds. The third kappa shape index (κ3) is 3.61. The molecule has 7 heteroatoms. The maximum absolute atomic E-state index is 13.9. The van der Waals surface area contributed by atoms with Crippen molar-refractivity contribution in [2.75, 3.05) is 11.5 Å². The molecule has 166 valence electrons. The summed E-state index contributed by atoms with van der Waals surface area (Å²) < 4.78 is 7.30. The fraction of sp³-hybridized carbons (Fsp3) is 0.192. The van der Waals surface area contributed by atoms with Crippen molar-refractivity contribution in [3.63, 3.8) is 0 Å². The lowest BCUT2D eigenvalue weighted by atomic mass is 9.89. The normalized spacial score (nSPS) is 17.7. The van der Waals surface area contributed by atoms with E-state index in [4.69, 9.17) is 9.72 Å². The Labute approximate surface area is 190 Å². The predicted molar refractivity (Wildman–Crippen MR) is 124 cm³/mol. The van der Waals surface area contributed by atoms with Crippen LogP contribution >= 0.6 is 0 Å². The van der Waals surface area contributed by atoms with Gasteiger partial charge in [0.2, 0.25) is 11.9 Å². The first-order valence-electron chi connectivity index (χ1n) is 10.9. The summed E-state index contributed by atoms with van der Waals surface area (Å²) in [7, 11) is 0. The molecule has 1 aliphatic heterocycles. The highest BCUT2D eigenvalue weighted by molar-refractivity contribution is 6.08. The van der Waals surface area contributed by atoms with Crippen LogP contribution in [0.25, 0.3) is 11.0 Å². The van der Waals surface area contributed by atoms with Gasteiger partial charge in [0, 0.05) is 0 Å². The number of carbonyl (C=O) groups excluding carboxylic acids is 2. The standard InChI is InChI=1S/C26H23N3O4/c1-2-33-25(32)22-23(18-12-14-19(30)15-13-18)29-21-11-7-6-10-20(21)27-26(29)28(24(22)31)16-17-8-4-3-5-9-17/h3-15,22-23,30H,2,16H2,1H3. The summed E-state index contributed by atoms with van der Waals surface area (Å²) in [6.07, 6.45) is 0. The molecule has 0 radical (unpaired) electrons. The van der Waals surface area contributed by atoms with Crippen LogP contribution in [0.2, 0.25) is 0 Å². The van der Waals surface area contributed by atoms with Crippen molar-refractivity contribution in [3.8, 4) is 5.75 Å². The van der Waals surface area contributed by atoms with E-state index in [1.54, 1.807) is 36.1 Å². The number of nitrogens with zero attached hydrogens (tertiary/aromatic N) is 3. The minimum absolute atomic E-state index is 0.106. The van der Waals surface area contributed by atoms with Gasteiger partial charge in [0.1, 0.15) is 5.75 Å². The van der Waals surface area contributed by atoms with Gasteiger partial charge in [0.15, 0.2) is 5.92 Å². The van der Waals surface area contributed by atoms with Crippen molar-refractivity contribution in [1.82, 2.24) is 9.55 Å². The van der Waals surface area contributed by atoms with E-state index in [2.05, 4.69) is 0 Å². The Morgan fingerprint density at radius 3 is 2.42 bits per heavy atom. The SMILES string of the molecule is CCOC(=O)C1C(=O)N(Cc2ccccc2)c2nc3ccccc3n2C1c1ccc(O)cc1. The summed E-state index contributed by atoms with van der Waals surface area (Å²) in [5.74, 6) is -1.46. The second-order valence-corrected chi connectivity index (χ2v) is 7.95. The molecule has 0 fully saturated rings. The Bertz CT molecular complexity index is 1310. The number of aromatic nitrogens is 2. The largest absolute Gasteiger partial charge is 0.508 e. The van der Waals surface area contributed by atoms with Gasteiger partial charge in [-0.25, -0.2) is 4.98 Å². The van der Waals surface area contributed by atoms with Gasteiger partial charge in [-0.05, 0) is 42.3 Å². The molecule has 4 aromatic rings. The lowest BCUT2D eigenvalue weighted by molar-refractivity contribution is -0.153. The number of esters is 1. The summed E-state index contributed by atoms with van der Waals surface area (Å²) in [5, 5.41) is 9.81. The summed E-state index contributed by atoms with van der Waals surface area (Å²) >= 11 is 0. The monoisotopic (exact) mass is 441 g/mol. The maximum Gasteiger partial charge on any atom is 0.321 e. The summed E-state index contributed by atoms with van der Waals surface area (Å²) in [4.78, 5) is 33.4. The molecular weight excluding hydrogens is 418 g/mol. The van der Waals surface area contributed by atoms with Crippen molar-refractivity contribution in [2.24, 2.45) is 5.92 Å². The van der Waals surface area contributed by atoms with Crippen LogP contribution < -0.4 is 4.90 Å². The topological polar surface area (TPSA) is 84.7 Å². The van der Waals surface area contributed by atoms with E-state index in [0.29, 0.717) is 11.5 Å². The molecule has 0 spiro atoms. The summed E-state index contributed by atoms with van der Waals surface area (Å²) in [6.45, 7) is 2.17. The van der Waals surface area contributed by atoms with Crippen LogP contribution in [0.4, 0.5) is 5.95 Å². The molecule has 1 N–H and O–H groups in total. The number of phenolic OH excluding ortho intramolecular Hbond substituents is 1. The number of imidazole rings is 1. The first-order valence-corrected chi connectivity index (χ1v) is 10.9. The van der Waals surface area contributed by atoms with Gasteiger partial charge in [0.05, 0.1) is 30.2 Å². The fourth-order valence-corrected chi connectivity index (χ4v) is 4.44. The number of hydrogen-bond acceptors (Lipinski definition) is 5. The number of phenols is 1. The first-order chi connectivity index (χ1) is 16.1. The number of aromatic hydroxyl groups is 1. The Kier molecular flexibility index (Phi) is 5.30. The van der Waals surface area contributed by atoms with Gasteiger partial charge in [-0.1, -0.05) is 54.6 Å². The van der Waals surface area contributed by atoms with Gasteiger partial charge in [-0.15, -0.1) is 0 Å². The number of anilines is 1. The third-order valence-corrected chi connectivity index (χ3v) is 5.90. The van der Waals surface area contributed by atoms with Gasteiger partial charge >= 0.3 is 5.97 Å². The Morgan fingerprint density at radius 1 is 1.00 bits per heavy atom. The zero-order chi connectivity index (χ0) is 22.9. The van der Waals surface area contributed by atoms with Crippen molar-refractivity contribution < 1.29 is 19.4 Å². The number of hydrogen-bond donors (Lipinski definition) is 1. The van der Waals surface area contributed by atoms with Crippen LogP contribution in [-0.2, 0) is 20.9 Å². The van der Waals surface area contributed by atoms with Gasteiger partial charge < -0.3 is 14.4 Å². The molecule has 7 nitrogen and oxygen atoms in total. The first kappa shape index (κ1) is 20.8. The molecule has 33 heavy (non-hydrogen) atoms. The minimum atomic E-state index is -1.09. The van der Waals surface area contributed by atoms with E-state index < -0.39 is 17.9 Å². The van der Waals surface area contributed by atoms with Crippen LogP contribution in [0.1, 0.15) is 24.1 Å². The molecule has 0 aliphatic carbocycles. The number of benzene rings is 3. The number of amides is 1. The lowest BCUT2D eigenvalue weighted by Crippen LogP contribution is -2.49. The van der Waals surface area contributed by atoms with E-state index in [1.807, 2.05) is 59.2 Å². The molecule has 2 unspecified atom stereocenters. The van der Waals surface area contributed by atoms with E-state index in [-0.39, 0.29) is 24.8 Å². The highest BCUT2D eigenvalue weighted by Crippen LogP contribution is 2.42. The van der Waals surface area contributed by atoms with Gasteiger partial charge in [-0.2, -0.15) is 0 Å². The molecule has 1 aromatic heterocycles. The minimum Gasteiger partial charge on any atom is -0.508 e. The smallest absolute Gasteiger partial charge is 0.321 e. The zero-order valence-corrected chi connectivity index (χ0v) is 18.1. The predicted octanol–water partition coefficient (Wildman–Crippen LogP) is 4.06. The number of para-hydroxylation sites is 2. The molecule has 0 saturated heterocycles. The Balaban J connectivity index is 1.75. The van der Waals surface area contributed by atoms with E-state index in [1.165, 1.54) is 0 Å². The molecule has 0 bridgehead atoms. The van der Waals surface area contributed by atoms with E-state index >= 15 is 0 Å². The molecule has 0 saturated carbocycles. The van der Waals surface area contributed by atoms with Crippen LogP contribution in [-0.4, -0.2) is 33.1 Å². The summed E-state index contributed by atoms with van der Waals surface area (Å²) in [5.41, 5.74) is 3.18. The number of ether oxygens (including phenoxy) is 1. The van der Waals surface area contributed by atoms with Crippen LogP contribution in [0.3, 0.4) is 0 Å². The number of carbonyl (C=O) groups is 2. The third-order valence-electron chi connectivity index (χ3n) is 5.90. The average molecular weight is 441 g/mol. The van der Waals surface area contributed by atoms with Crippen molar-refractivity contribution in [3.05, 3.63) is 90.0 Å². The van der Waals surface area contributed by atoms with Crippen LogP contribution in [0.5, 0.6) is 5.75 Å². The zero-order valence-electron chi connectivity index (χ0n) is 18.1. The molecule has 1 aliphatic rings. The van der Waals surface area contributed by atoms with Gasteiger partial charge in [-0.3, -0.25) is 14.5 Å². The molecule has 2 heterocycles. The number of fused-ring (bicyclic) bond motifs is 3. The van der Waals surface area contributed by atoms with E-state index in [9.17, 15) is 14.7 Å². The lowest BCUT2D eigenvalue weighted by Gasteiger charge is -2.38. The van der Waals surface area contributed by atoms with Crippen LogP contribution in [0, 0.1) is 5.92 Å². The van der Waals surface area contributed by atoms with Crippen molar-refractivity contribution >= 4 is 28.9 Å². The highest BCUT2D eigenvalue weighted by Gasteiger charge is 2.47. The molecular formula is C26H23N3O4. The second kappa shape index (κ2) is 8.43. The molecule has 3 aromatic carbocycles. The maximum atomic E-state index is 13.9. The Hall–Kier alpha value is -4.13. The van der Waals surface area contributed by atoms with Crippen molar-refractivity contribution in [1.29, 1.82) is 0 Å². The summed E-state index contributed by atoms with van der Waals surface area (Å²) in [6, 6.07) is 23.1. The molecule has 5 rings (SSSR count). The van der Waals surface area contributed by atoms with Crippen LogP contribution in [0.15, 0.2) is 78.9 Å². The fourth-order valence-electron chi connectivity index (χ4n) is 4.44. The second-order valence-electron chi connectivity index (χ2n) is 7.95. The van der Waals surface area contributed by atoms with Crippen molar-refractivity contribution in [2.45, 2.75) is 19.5 Å². The quantitative estimate of drug-likeness (QED) is 0.373.